The Kier molecular flexibility index (Phi) is 10.4. The van der Waals surface area contributed by atoms with Crippen molar-refractivity contribution >= 4 is 25.9 Å². The van der Waals surface area contributed by atoms with Crippen LogP contribution in [0.25, 0.3) is 0 Å². The molecule has 3 aromatic rings. The van der Waals surface area contributed by atoms with Gasteiger partial charge in [0.1, 0.15) is 30.2 Å². The lowest BCUT2D eigenvalue weighted by atomic mass is 9.89. The Bertz CT molecular complexity index is 1440. The third-order valence-electron chi connectivity index (χ3n) is 8.96. The molecule has 3 aromatic carbocycles. The molecule has 5 rings (SSSR count). The van der Waals surface area contributed by atoms with Crippen molar-refractivity contribution < 1.29 is 32.9 Å². The summed E-state index contributed by atoms with van der Waals surface area (Å²) in [7, 11) is -2.37. The maximum Gasteiger partial charge on any atom is 0.303 e. The lowest BCUT2D eigenvalue weighted by Gasteiger charge is -2.52. The molecule has 6 unspecified atom stereocenters. The van der Waals surface area contributed by atoms with E-state index in [-0.39, 0.29) is 5.04 Å². The fourth-order valence-electron chi connectivity index (χ4n) is 5.60. The Balaban J connectivity index is 1.51. The first-order valence-electron chi connectivity index (χ1n) is 15.7. The van der Waals surface area contributed by atoms with Crippen molar-refractivity contribution in [3.63, 3.8) is 0 Å². The van der Waals surface area contributed by atoms with Crippen LogP contribution in [0.5, 0.6) is 5.75 Å². The Morgan fingerprint density at radius 1 is 0.956 bits per heavy atom. The van der Waals surface area contributed by atoms with Crippen molar-refractivity contribution in [1.82, 2.24) is 0 Å². The first-order valence-corrected chi connectivity index (χ1v) is 19.0. The topological polar surface area (TPSA) is 72.5 Å². The fourth-order valence-corrected chi connectivity index (χ4v) is 7.09. The normalized spacial score (nSPS) is 25.3. The largest absolute Gasteiger partial charge is 0.494 e. The molecule has 7 nitrogen and oxygen atoms in total. The van der Waals surface area contributed by atoms with E-state index in [1.54, 1.807) is 0 Å². The minimum Gasteiger partial charge on any atom is -0.494 e. The van der Waals surface area contributed by atoms with E-state index in [2.05, 4.69) is 33.9 Å². The van der Waals surface area contributed by atoms with E-state index in [1.807, 2.05) is 79.7 Å². The highest BCUT2D eigenvalue weighted by molar-refractivity contribution is 6.74. The van der Waals surface area contributed by atoms with Crippen LogP contribution in [-0.4, -0.2) is 51.9 Å². The summed E-state index contributed by atoms with van der Waals surface area (Å²) < 4.78 is 38.4. The van der Waals surface area contributed by atoms with E-state index < -0.39 is 51.1 Å². The van der Waals surface area contributed by atoms with Crippen LogP contribution in [0.15, 0.2) is 72.8 Å². The first-order chi connectivity index (χ1) is 21.4. The zero-order valence-corrected chi connectivity index (χ0v) is 29.0. The third kappa shape index (κ3) is 7.81. The molecule has 0 radical (unpaired) electrons. The molecule has 0 aromatic heterocycles. The van der Waals surface area contributed by atoms with Crippen LogP contribution < -0.4 is 4.74 Å². The summed E-state index contributed by atoms with van der Waals surface area (Å²) in [4.78, 5) is 12.7. The molecule has 2 aliphatic heterocycles. The maximum absolute atomic E-state index is 12.7. The number of benzene rings is 3. The lowest BCUT2D eigenvalue weighted by Crippen LogP contribution is -2.63. The fraction of sp³-hybridized carbons (Fsp3) is 0.472. The number of carbonyl (C=O) groups is 1. The van der Waals surface area contributed by atoms with Crippen molar-refractivity contribution in [3.05, 3.63) is 100 Å². The van der Waals surface area contributed by atoms with Crippen LogP contribution in [0.2, 0.25) is 23.2 Å². The Morgan fingerprint density at radius 3 is 2.31 bits per heavy atom. The summed E-state index contributed by atoms with van der Waals surface area (Å²) in [6.45, 7) is 15.3. The lowest BCUT2D eigenvalue weighted by molar-refractivity contribution is -0.328. The van der Waals surface area contributed by atoms with Crippen LogP contribution >= 0.6 is 11.6 Å². The average Bonchev–Trinajstić information content (AvgIpc) is 3.00. The number of carbonyl (C=O) groups excluding carboxylic acids is 1. The highest BCUT2D eigenvalue weighted by Crippen LogP contribution is 2.46. The summed E-state index contributed by atoms with van der Waals surface area (Å²) in [6, 6.07) is 23.7. The first kappa shape index (κ1) is 33.6. The highest BCUT2D eigenvalue weighted by Gasteiger charge is 2.55. The van der Waals surface area contributed by atoms with Crippen LogP contribution in [0.4, 0.5) is 0 Å². The summed E-state index contributed by atoms with van der Waals surface area (Å²) in [5.74, 6) is 0.417. The number of esters is 1. The average molecular weight is 653 g/mol. The molecule has 0 spiro atoms. The van der Waals surface area contributed by atoms with Gasteiger partial charge in [-0.3, -0.25) is 4.79 Å². The zero-order chi connectivity index (χ0) is 32.4. The van der Waals surface area contributed by atoms with E-state index in [9.17, 15) is 4.79 Å². The minimum absolute atomic E-state index is 0.0910. The van der Waals surface area contributed by atoms with E-state index in [4.69, 9.17) is 39.7 Å². The Hall–Kier alpha value is -2.72. The molecule has 2 heterocycles. The molecule has 242 valence electrons. The smallest absolute Gasteiger partial charge is 0.303 e. The van der Waals surface area contributed by atoms with Crippen LogP contribution in [0.1, 0.15) is 69.3 Å². The molecule has 2 fully saturated rings. The highest BCUT2D eigenvalue weighted by atomic mass is 35.5. The van der Waals surface area contributed by atoms with E-state index in [0.717, 1.165) is 28.0 Å². The SMILES string of the molecule is CCOc1ccc(Cc2cc(C3OC4COC(c5ccccc5)OC4C(O[Si](C)(C)C(C)(C)C)C3OC(C)=O)ccc2Cl)cc1. The molecule has 45 heavy (non-hydrogen) atoms. The molecule has 6 atom stereocenters. The molecule has 0 bridgehead atoms. The molecule has 0 N–H and O–H groups in total. The van der Waals surface area contributed by atoms with Gasteiger partial charge in [0.25, 0.3) is 0 Å². The van der Waals surface area contributed by atoms with Crippen molar-refractivity contribution in [2.24, 2.45) is 0 Å². The maximum atomic E-state index is 12.7. The van der Waals surface area contributed by atoms with Gasteiger partial charge >= 0.3 is 5.97 Å². The molecular formula is C36H45ClO7Si. The van der Waals surface area contributed by atoms with Crippen molar-refractivity contribution in [3.8, 4) is 5.75 Å². The van der Waals surface area contributed by atoms with Crippen molar-refractivity contribution in [1.29, 1.82) is 0 Å². The van der Waals surface area contributed by atoms with Gasteiger partial charge in [0.2, 0.25) is 0 Å². The van der Waals surface area contributed by atoms with Crippen LogP contribution in [0, 0.1) is 0 Å². The summed E-state index contributed by atoms with van der Waals surface area (Å²) in [5, 5.41) is 0.557. The monoisotopic (exact) mass is 652 g/mol. The molecule has 2 saturated heterocycles. The Labute approximate surface area is 273 Å². The van der Waals surface area contributed by atoms with Gasteiger partial charge in [-0.05, 0) is 66.4 Å². The van der Waals surface area contributed by atoms with E-state index in [0.29, 0.717) is 24.7 Å². The van der Waals surface area contributed by atoms with Gasteiger partial charge in [-0.2, -0.15) is 0 Å². The molecule has 2 aliphatic rings. The van der Waals surface area contributed by atoms with Gasteiger partial charge < -0.3 is 28.1 Å². The summed E-state index contributed by atoms with van der Waals surface area (Å²) >= 11 is 6.73. The number of rotatable bonds is 9. The predicted molar refractivity (Wildman–Crippen MR) is 177 cm³/mol. The van der Waals surface area contributed by atoms with E-state index in [1.165, 1.54) is 6.92 Å². The number of fused-ring (bicyclic) bond motifs is 1. The van der Waals surface area contributed by atoms with Crippen molar-refractivity contribution in [2.75, 3.05) is 13.2 Å². The standard InChI is InChI=1S/C36H45ClO7Si/c1-8-39-28-17-14-24(15-18-28)20-27-21-26(16-19-29(27)37)31-33(41-23(2)38)34(44-45(6,7)36(3,4)5)32-30(42-31)22-40-35(43-32)25-12-10-9-11-13-25/h9-19,21,30-35H,8,20,22H2,1-7H3. The second kappa shape index (κ2) is 14.0. The molecule has 0 amide bonds. The second-order valence-electron chi connectivity index (χ2n) is 13.3. The van der Waals surface area contributed by atoms with Gasteiger partial charge in [0.15, 0.2) is 20.7 Å². The molecule has 0 saturated carbocycles. The van der Waals surface area contributed by atoms with Gasteiger partial charge in [-0.15, -0.1) is 0 Å². The van der Waals surface area contributed by atoms with Gasteiger partial charge in [-0.25, -0.2) is 0 Å². The summed E-state index contributed by atoms with van der Waals surface area (Å²) in [6.07, 6.45) is -2.90. The zero-order valence-electron chi connectivity index (χ0n) is 27.2. The van der Waals surface area contributed by atoms with E-state index >= 15 is 0 Å². The summed E-state index contributed by atoms with van der Waals surface area (Å²) in [5.41, 5.74) is 3.79. The number of hydrogen-bond donors (Lipinski definition) is 0. The quantitative estimate of drug-likeness (QED) is 0.170. The van der Waals surface area contributed by atoms with Crippen LogP contribution in [-0.2, 0) is 34.6 Å². The minimum atomic E-state index is -2.37. The van der Waals surface area contributed by atoms with Gasteiger partial charge in [-0.1, -0.05) is 87.0 Å². The number of hydrogen-bond acceptors (Lipinski definition) is 7. The second-order valence-corrected chi connectivity index (χ2v) is 18.5. The number of ether oxygens (including phenoxy) is 5. The van der Waals surface area contributed by atoms with Crippen LogP contribution in [0.3, 0.4) is 0 Å². The third-order valence-corrected chi connectivity index (χ3v) is 13.8. The van der Waals surface area contributed by atoms with Gasteiger partial charge in [0.05, 0.1) is 13.2 Å². The van der Waals surface area contributed by atoms with Crippen molar-refractivity contribution in [2.45, 2.75) is 96.0 Å². The molecule has 0 aliphatic carbocycles. The number of halogens is 1. The molecule has 9 heteroatoms. The van der Waals surface area contributed by atoms with Gasteiger partial charge in [0, 0.05) is 17.5 Å². The molecular weight excluding hydrogens is 608 g/mol. The predicted octanol–water partition coefficient (Wildman–Crippen LogP) is 8.21. The Morgan fingerprint density at radius 2 is 1.67 bits per heavy atom.